The van der Waals surface area contributed by atoms with Crippen LogP contribution in [0.3, 0.4) is 0 Å². The molecule has 0 N–H and O–H groups in total. The van der Waals surface area contributed by atoms with Gasteiger partial charge in [0.05, 0.1) is 27.2 Å². The molecule has 0 aliphatic heterocycles. The lowest BCUT2D eigenvalue weighted by Crippen LogP contribution is -2.45. The minimum absolute atomic E-state index is 0.939. The molecule has 84 valence electrons. The summed E-state index contributed by atoms with van der Waals surface area (Å²) in [5, 5.41) is 8.89. The Labute approximate surface area is 87.3 Å². The first-order valence-electron chi connectivity index (χ1n) is 5.32. The quantitative estimate of drug-likeness (QED) is 0.588. The van der Waals surface area contributed by atoms with Crippen molar-refractivity contribution in [3.05, 3.63) is 0 Å². The van der Waals surface area contributed by atoms with Crippen molar-refractivity contribution in [1.29, 1.82) is 0 Å². The molecular weight excluding hydrogens is 178 g/mol. The van der Waals surface area contributed by atoms with Crippen LogP contribution in [0, 0.1) is 0 Å². The van der Waals surface area contributed by atoms with E-state index in [0.717, 1.165) is 13.0 Å². The Kier molecular flexibility index (Phi) is 5.77. The minimum Gasteiger partial charge on any atom is -0.550 e. The average Bonchev–Trinajstić information content (AvgIpc) is 2.03. The maximum Gasteiger partial charge on any atom is 0.0884 e. The van der Waals surface area contributed by atoms with Crippen molar-refractivity contribution in [2.75, 3.05) is 21.1 Å². The van der Waals surface area contributed by atoms with Crippen molar-refractivity contribution >= 4 is 5.97 Å². The summed E-state index contributed by atoms with van der Waals surface area (Å²) in [6.45, 7) is 0.972. The zero-order chi connectivity index (χ0) is 11.2. The van der Waals surface area contributed by atoms with Crippen LogP contribution in [0.25, 0.3) is 0 Å². The van der Waals surface area contributed by atoms with E-state index >= 15 is 0 Å². The van der Waals surface area contributed by atoms with Crippen LogP contribution in [0.1, 0.15) is 39.0 Å². The number of carboxylic acids is 1. The lowest BCUT2D eigenvalue weighted by molar-refractivity contribution is -0.897. The second-order valence-corrected chi connectivity index (χ2v) is 4.90. The predicted octanol–water partition coefficient (Wildman–Crippen LogP) is 0.781. The van der Waals surface area contributed by atoms with Crippen molar-refractivity contribution in [2.24, 2.45) is 0 Å². The summed E-state index contributed by atoms with van der Waals surface area (Å²) in [4.78, 5) is 8.89. The molecule has 3 heteroatoms. The first-order valence-corrected chi connectivity index (χ1v) is 5.32. The maximum atomic E-state index is 8.89. The van der Waals surface area contributed by atoms with Gasteiger partial charge in [-0.1, -0.05) is 6.42 Å². The van der Waals surface area contributed by atoms with Gasteiger partial charge >= 0.3 is 0 Å². The number of carbonyl (C=O) groups excluding carboxylic acids is 1. The number of hydrogen-bond donors (Lipinski definition) is 0. The highest BCUT2D eigenvalue weighted by atomic mass is 16.4. The van der Waals surface area contributed by atoms with E-state index in [9.17, 15) is 0 Å². The largest absolute Gasteiger partial charge is 0.550 e. The summed E-state index contributed by atoms with van der Waals surface area (Å²) in [6.07, 6.45) is 7.28. The van der Waals surface area contributed by atoms with Crippen molar-refractivity contribution in [1.82, 2.24) is 0 Å². The van der Waals surface area contributed by atoms with Gasteiger partial charge in [0.15, 0.2) is 0 Å². The smallest absolute Gasteiger partial charge is 0.0884 e. The fourth-order valence-electron chi connectivity index (χ4n) is 1.86. The SMILES string of the molecule is CC(=O)[O-].C[N+](C)(C)C1CCCCC1. The molecule has 1 aliphatic carbocycles. The summed E-state index contributed by atoms with van der Waals surface area (Å²) < 4.78 is 1.17. The highest BCUT2D eigenvalue weighted by Gasteiger charge is 2.24. The number of carboxylic acid groups (broad SMARTS) is 1. The molecule has 0 saturated heterocycles. The molecule has 0 spiro atoms. The maximum absolute atomic E-state index is 8.89. The van der Waals surface area contributed by atoms with Crippen molar-refractivity contribution in [2.45, 2.75) is 45.1 Å². The second kappa shape index (κ2) is 6.02. The molecule has 14 heavy (non-hydrogen) atoms. The first kappa shape index (κ1) is 13.4. The van der Waals surface area contributed by atoms with E-state index in [1.54, 1.807) is 0 Å². The van der Waals surface area contributed by atoms with Gasteiger partial charge in [0.1, 0.15) is 0 Å². The Morgan fingerprint density at radius 1 is 1.14 bits per heavy atom. The number of quaternary nitrogens is 1. The van der Waals surface area contributed by atoms with Gasteiger partial charge in [-0.25, -0.2) is 0 Å². The Morgan fingerprint density at radius 3 is 1.71 bits per heavy atom. The van der Waals surface area contributed by atoms with E-state index < -0.39 is 5.97 Å². The molecule has 1 saturated carbocycles. The molecule has 1 rings (SSSR count). The summed E-state index contributed by atoms with van der Waals surface area (Å²) in [5.74, 6) is -1.08. The van der Waals surface area contributed by atoms with Crippen LogP contribution in [0.5, 0.6) is 0 Å². The van der Waals surface area contributed by atoms with Gasteiger partial charge in [-0.2, -0.15) is 0 Å². The molecular formula is C11H23NO2. The van der Waals surface area contributed by atoms with E-state index in [2.05, 4.69) is 21.1 Å². The van der Waals surface area contributed by atoms with E-state index in [4.69, 9.17) is 9.90 Å². The highest BCUT2D eigenvalue weighted by Crippen LogP contribution is 2.23. The van der Waals surface area contributed by atoms with E-state index in [-0.39, 0.29) is 0 Å². The van der Waals surface area contributed by atoms with Crippen LogP contribution in [-0.4, -0.2) is 37.6 Å². The first-order chi connectivity index (χ1) is 6.34. The van der Waals surface area contributed by atoms with Crippen LogP contribution in [0.2, 0.25) is 0 Å². The Morgan fingerprint density at radius 2 is 1.50 bits per heavy atom. The lowest BCUT2D eigenvalue weighted by Gasteiger charge is -2.36. The fourth-order valence-corrected chi connectivity index (χ4v) is 1.86. The summed E-state index contributed by atoms with van der Waals surface area (Å²) in [5.41, 5.74) is 0. The second-order valence-electron chi connectivity index (χ2n) is 4.90. The lowest BCUT2D eigenvalue weighted by atomic mass is 9.94. The third-order valence-electron chi connectivity index (χ3n) is 2.67. The summed E-state index contributed by atoms with van der Waals surface area (Å²) >= 11 is 0. The standard InChI is InChI=1S/C9H20N.C2H4O2/c1-10(2,3)9-7-5-4-6-8-9;1-2(3)4/h9H,4-8H2,1-3H3;1H3,(H,3,4)/q+1;/p-1. The zero-order valence-electron chi connectivity index (χ0n) is 9.88. The monoisotopic (exact) mass is 201 g/mol. The van der Waals surface area contributed by atoms with Crippen molar-refractivity contribution in [3.8, 4) is 0 Å². The highest BCUT2D eigenvalue weighted by molar-refractivity contribution is 5.60. The molecule has 0 aromatic carbocycles. The van der Waals surface area contributed by atoms with Gasteiger partial charge in [0.25, 0.3) is 0 Å². The van der Waals surface area contributed by atoms with Crippen LogP contribution in [0.15, 0.2) is 0 Å². The predicted molar refractivity (Wildman–Crippen MR) is 55.6 cm³/mol. The molecule has 1 aliphatic rings. The molecule has 0 unspecified atom stereocenters. The van der Waals surface area contributed by atoms with Gasteiger partial charge in [0.2, 0.25) is 0 Å². The number of nitrogens with zero attached hydrogens (tertiary/aromatic N) is 1. The van der Waals surface area contributed by atoms with E-state index in [1.807, 2.05) is 0 Å². The molecule has 0 atom stereocenters. The normalized spacial score (nSPS) is 18.3. The van der Waals surface area contributed by atoms with Crippen LogP contribution in [-0.2, 0) is 4.79 Å². The number of hydrogen-bond acceptors (Lipinski definition) is 2. The average molecular weight is 201 g/mol. The fraction of sp³-hybridized carbons (Fsp3) is 0.909. The molecule has 1 fully saturated rings. The number of rotatable bonds is 1. The van der Waals surface area contributed by atoms with Gasteiger partial charge in [-0.15, -0.1) is 0 Å². The summed E-state index contributed by atoms with van der Waals surface area (Å²) in [6, 6.07) is 0.939. The Bertz CT molecular complexity index is 163. The zero-order valence-corrected chi connectivity index (χ0v) is 9.88. The Balaban J connectivity index is 0.000000364. The molecule has 0 bridgehead atoms. The third kappa shape index (κ3) is 6.89. The van der Waals surface area contributed by atoms with Gasteiger partial charge in [0, 0.05) is 5.97 Å². The van der Waals surface area contributed by atoms with Gasteiger partial charge < -0.3 is 14.4 Å². The van der Waals surface area contributed by atoms with Crippen LogP contribution < -0.4 is 5.11 Å². The van der Waals surface area contributed by atoms with Crippen LogP contribution >= 0.6 is 0 Å². The topological polar surface area (TPSA) is 40.1 Å². The minimum atomic E-state index is -1.08. The third-order valence-corrected chi connectivity index (χ3v) is 2.67. The molecule has 3 nitrogen and oxygen atoms in total. The molecule has 0 aromatic rings. The molecule has 0 radical (unpaired) electrons. The summed E-state index contributed by atoms with van der Waals surface area (Å²) in [7, 11) is 6.95. The van der Waals surface area contributed by atoms with Crippen LogP contribution in [0.4, 0.5) is 0 Å². The molecule has 0 amide bonds. The van der Waals surface area contributed by atoms with Gasteiger partial charge in [-0.3, -0.25) is 0 Å². The number of aliphatic carboxylic acids is 1. The number of carbonyl (C=O) groups is 1. The van der Waals surface area contributed by atoms with E-state index in [1.165, 1.54) is 36.6 Å². The molecule has 0 heterocycles. The van der Waals surface area contributed by atoms with E-state index in [0.29, 0.717) is 0 Å². The Hall–Kier alpha value is -0.570. The van der Waals surface area contributed by atoms with Crippen molar-refractivity contribution < 1.29 is 14.4 Å². The molecule has 0 aromatic heterocycles. The van der Waals surface area contributed by atoms with Gasteiger partial charge in [-0.05, 0) is 32.6 Å². The van der Waals surface area contributed by atoms with Crippen molar-refractivity contribution in [3.63, 3.8) is 0 Å².